The molecule has 4 nitrogen and oxygen atoms in total. The molecule has 0 unspecified atom stereocenters. The number of nitrogens with one attached hydrogen (secondary N) is 1. The number of fused-ring (bicyclic) bond motifs is 1. The van der Waals surface area contributed by atoms with Crippen molar-refractivity contribution in [1.82, 2.24) is 14.8 Å². The number of nitrogens with zero attached hydrogens (tertiary/aromatic N) is 2. The lowest BCUT2D eigenvalue weighted by molar-refractivity contribution is 0.238. The molecule has 4 heteroatoms. The van der Waals surface area contributed by atoms with Gasteiger partial charge in [0.15, 0.2) is 0 Å². The number of aryl methyl sites for hydroxylation is 2. The Balaban J connectivity index is 1.70. The van der Waals surface area contributed by atoms with Crippen LogP contribution in [0, 0.1) is 6.92 Å². The molecule has 2 aromatic rings. The highest BCUT2D eigenvalue weighted by atomic mass is 15.2. The number of benzene rings is 1. The van der Waals surface area contributed by atoms with E-state index >= 15 is 0 Å². The van der Waals surface area contributed by atoms with Crippen LogP contribution in [-0.4, -0.2) is 48.7 Å². The van der Waals surface area contributed by atoms with Gasteiger partial charge in [-0.2, -0.15) is 0 Å². The molecule has 1 saturated heterocycles. The van der Waals surface area contributed by atoms with Gasteiger partial charge in [-0.1, -0.05) is 11.6 Å². The molecular formula is C18H28N4. The van der Waals surface area contributed by atoms with Crippen LogP contribution < -0.4 is 11.1 Å². The third-order valence-corrected chi connectivity index (χ3v) is 4.62. The van der Waals surface area contributed by atoms with Crippen LogP contribution in [0.15, 0.2) is 24.4 Å². The Kier molecular flexibility index (Phi) is 5.13. The summed E-state index contributed by atoms with van der Waals surface area (Å²) < 4.78 is 2.31. The molecule has 120 valence electrons. The summed E-state index contributed by atoms with van der Waals surface area (Å²) in [7, 11) is 0. The van der Waals surface area contributed by atoms with Crippen LogP contribution in [0.1, 0.15) is 17.5 Å². The molecule has 3 N–H and O–H groups in total. The van der Waals surface area contributed by atoms with Crippen molar-refractivity contribution in [2.24, 2.45) is 5.73 Å². The van der Waals surface area contributed by atoms with Crippen LogP contribution in [-0.2, 0) is 13.0 Å². The number of rotatable bonds is 6. The Bertz CT molecular complexity index is 611. The summed E-state index contributed by atoms with van der Waals surface area (Å²) in [5.41, 5.74) is 9.89. The lowest BCUT2D eigenvalue weighted by Crippen LogP contribution is -2.43. The number of nitrogens with two attached hydrogens (primary N) is 1. The molecule has 0 amide bonds. The second kappa shape index (κ2) is 7.27. The molecule has 1 aliphatic heterocycles. The van der Waals surface area contributed by atoms with Crippen LogP contribution in [0.3, 0.4) is 0 Å². The van der Waals surface area contributed by atoms with E-state index in [2.05, 4.69) is 46.1 Å². The van der Waals surface area contributed by atoms with E-state index in [-0.39, 0.29) is 0 Å². The lowest BCUT2D eigenvalue weighted by Gasteiger charge is -2.26. The van der Waals surface area contributed by atoms with Gasteiger partial charge in [0.25, 0.3) is 0 Å². The Morgan fingerprint density at radius 1 is 1.18 bits per heavy atom. The van der Waals surface area contributed by atoms with Crippen LogP contribution in [0.25, 0.3) is 10.9 Å². The van der Waals surface area contributed by atoms with Gasteiger partial charge in [-0.05, 0) is 44.0 Å². The van der Waals surface area contributed by atoms with E-state index < -0.39 is 0 Å². The summed E-state index contributed by atoms with van der Waals surface area (Å²) in [6, 6.07) is 6.75. The number of aromatic nitrogens is 1. The Labute approximate surface area is 133 Å². The second-order valence-corrected chi connectivity index (χ2v) is 6.35. The highest BCUT2D eigenvalue weighted by Crippen LogP contribution is 2.24. The summed E-state index contributed by atoms with van der Waals surface area (Å²) in [4.78, 5) is 2.57. The average Bonchev–Trinajstić information content (AvgIpc) is 2.86. The third kappa shape index (κ3) is 3.51. The van der Waals surface area contributed by atoms with E-state index in [1.54, 1.807) is 0 Å². The largest absolute Gasteiger partial charge is 0.346 e. The van der Waals surface area contributed by atoms with Gasteiger partial charge in [-0.15, -0.1) is 0 Å². The second-order valence-electron chi connectivity index (χ2n) is 6.35. The Morgan fingerprint density at radius 3 is 2.77 bits per heavy atom. The van der Waals surface area contributed by atoms with Gasteiger partial charge in [0.2, 0.25) is 0 Å². The van der Waals surface area contributed by atoms with Crippen LogP contribution in [0.5, 0.6) is 0 Å². The molecule has 0 aliphatic carbocycles. The minimum atomic E-state index is 0.692. The van der Waals surface area contributed by atoms with Gasteiger partial charge in [0.1, 0.15) is 0 Å². The van der Waals surface area contributed by atoms with Gasteiger partial charge in [-0.25, -0.2) is 0 Å². The van der Waals surface area contributed by atoms with Crippen molar-refractivity contribution in [3.63, 3.8) is 0 Å². The van der Waals surface area contributed by atoms with E-state index in [1.807, 2.05) is 0 Å². The predicted octanol–water partition coefficient (Wildman–Crippen LogP) is 1.75. The molecule has 1 aromatic heterocycles. The number of hydrogen-bond donors (Lipinski definition) is 2. The van der Waals surface area contributed by atoms with Crippen LogP contribution in [0.2, 0.25) is 0 Å². The first-order valence-corrected chi connectivity index (χ1v) is 8.49. The molecule has 1 aliphatic rings. The monoisotopic (exact) mass is 300 g/mol. The smallest absolute Gasteiger partial charge is 0.0483 e. The first kappa shape index (κ1) is 15.5. The maximum atomic E-state index is 5.75. The molecule has 0 saturated carbocycles. The van der Waals surface area contributed by atoms with Crippen LogP contribution in [0.4, 0.5) is 0 Å². The molecule has 3 rings (SSSR count). The minimum absolute atomic E-state index is 0.692. The molecule has 0 radical (unpaired) electrons. The Hall–Kier alpha value is -1.36. The summed E-state index contributed by atoms with van der Waals surface area (Å²) in [5, 5.41) is 4.82. The van der Waals surface area contributed by atoms with Crippen molar-refractivity contribution in [2.75, 3.05) is 39.3 Å². The van der Waals surface area contributed by atoms with Crippen molar-refractivity contribution >= 4 is 10.9 Å². The molecule has 0 bridgehead atoms. The van der Waals surface area contributed by atoms with Gasteiger partial charge in [0.05, 0.1) is 0 Å². The van der Waals surface area contributed by atoms with Gasteiger partial charge in [0, 0.05) is 56.4 Å². The quantitative estimate of drug-likeness (QED) is 0.854. The fourth-order valence-electron chi connectivity index (χ4n) is 3.44. The fourth-order valence-corrected chi connectivity index (χ4v) is 3.44. The third-order valence-electron chi connectivity index (χ3n) is 4.62. The summed E-state index contributed by atoms with van der Waals surface area (Å²) in [6.07, 6.45) is 4.70. The van der Waals surface area contributed by atoms with Crippen molar-refractivity contribution in [3.8, 4) is 0 Å². The van der Waals surface area contributed by atoms with E-state index in [0.717, 1.165) is 26.1 Å². The van der Waals surface area contributed by atoms with Crippen molar-refractivity contribution in [1.29, 1.82) is 0 Å². The van der Waals surface area contributed by atoms with Crippen molar-refractivity contribution < 1.29 is 0 Å². The highest BCUT2D eigenvalue weighted by molar-refractivity contribution is 5.84. The summed E-state index contributed by atoms with van der Waals surface area (Å²) in [5.74, 6) is 0. The van der Waals surface area contributed by atoms with Crippen molar-refractivity contribution in [3.05, 3.63) is 35.5 Å². The zero-order chi connectivity index (χ0) is 15.4. The average molecular weight is 300 g/mol. The summed E-state index contributed by atoms with van der Waals surface area (Å²) >= 11 is 0. The van der Waals surface area contributed by atoms with Crippen molar-refractivity contribution in [2.45, 2.75) is 26.3 Å². The zero-order valence-electron chi connectivity index (χ0n) is 13.6. The molecule has 1 fully saturated rings. The highest BCUT2D eigenvalue weighted by Gasteiger charge is 2.11. The van der Waals surface area contributed by atoms with Crippen LogP contribution >= 0.6 is 0 Å². The SMILES string of the molecule is Cc1ccc2c(c1)c(CCCN1CCNCC1)cn2CCN. The summed E-state index contributed by atoms with van der Waals surface area (Å²) in [6.45, 7) is 9.61. The minimum Gasteiger partial charge on any atom is -0.346 e. The van der Waals surface area contributed by atoms with E-state index in [0.29, 0.717) is 6.54 Å². The molecule has 0 atom stereocenters. The molecule has 2 heterocycles. The standard InChI is InChI=1S/C18H28N4/c1-15-4-5-18-17(13-15)16(14-22(18)10-6-19)3-2-9-21-11-7-20-8-12-21/h4-5,13-14,20H,2-3,6-12,19H2,1H3. The predicted molar refractivity (Wildman–Crippen MR) is 93.4 cm³/mol. The lowest BCUT2D eigenvalue weighted by atomic mass is 10.1. The molecule has 1 aromatic carbocycles. The topological polar surface area (TPSA) is 46.2 Å². The maximum Gasteiger partial charge on any atom is 0.0483 e. The van der Waals surface area contributed by atoms with Gasteiger partial charge >= 0.3 is 0 Å². The molecule has 22 heavy (non-hydrogen) atoms. The Morgan fingerprint density at radius 2 is 2.00 bits per heavy atom. The molecular weight excluding hydrogens is 272 g/mol. The van der Waals surface area contributed by atoms with Gasteiger partial charge < -0.3 is 20.5 Å². The number of piperazine rings is 1. The first-order chi connectivity index (χ1) is 10.8. The fraction of sp³-hybridized carbons (Fsp3) is 0.556. The maximum absolute atomic E-state index is 5.75. The van der Waals surface area contributed by atoms with E-state index in [4.69, 9.17) is 5.73 Å². The van der Waals surface area contributed by atoms with Gasteiger partial charge in [-0.3, -0.25) is 0 Å². The van der Waals surface area contributed by atoms with E-state index in [1.165, 1.54) is 48.1 Å². The molecule has 0 spiro atoms. The normalized spacial score (nSPS) is 16.5. The van der Waals surface area contributed by atoms with E-state index in [9.17, 15) is 0 Å². The first-order valence-electron chi connectivity index (χ1n) is 8.49. The zero-order valence-corrected chi connectivity index (χ0v) is 13.6. The number of hydrogen-bond acceptors (Lipinski definition) is 3.